The second kappa shape index (κ2) is 8.93. The van der Waals surface area contributed by atoms with E-state index in [9.17, 15) is 23.3 Å². The van der Waals surface area contributed by atoms with E-state index in [-0.39, 0.29) is 36.4 Å². The van der Waals surface area contributed by atoms with Gasteiger partial charge in [0.25, 0.3) is 5.69 Å². The van der Waals surface area contributed by atoms with Crippen molar-refractivity contribution in [1.29, 1.82) is 0 Å². The van der Waals surface area contributed by atoms with E-state index in [0.29, 0.717) is 18.5 Å². The highest BCUT2D eigenvalue weighted by Gasteiger charge is 2.31. The highest BCUT2D eigenvalue weighted by Crippen LogP contribution is 2.26. The van der Waals surface area contributed by atoms with E-state index in [1.54, 1.807) is 19.1 Å². The van der Waals surface area contributed by atoms with Gasteiger partial charge in [0.1, 0.15) is 0 Å². The first-order valence-electron chi connectivity index (χ1n) is 9.75. The number of non-ortho nitro benzene ring substituents is 1. The molecule has 2 aromatic carbocycles. The summed E-state index contributed by atoms with van der Waals surface area (Å²) in [6.07, 6.45) is 0.819. The lowest BCUT2D eigenvalue weighted by Crippen LogP contribution is -2.41. The summed E-state index contributed by atoms with van der Waals surface area (Å²) < 4.78 is 26.9. The average molecular weight is 432 g/mol. The van der Waals surface area contributed by atoms with Gasteiger partial charge in [-0.15, -0.1) is 0 Å². The molecular weight excluding hydrogens is 406 g/mol. The molecule has 8 nitrogen and oxygen atoms in total. The van der Waals surface area contributed by atoms with E-state index in [2.05, 4.69) is 5.32 Å². The van der Waals surface area contributed by atoms with Gasteiger partial charge in [-0.25, -0.2) is 12.7 Å². The molecule has 0 aliphatic carbocycles. The van der Waals surface area contributed by atoms with Crippen LogP contribution >= 0.6 is 0 Å². The lowest BCUT2D eigenvalue weighted by atomic mass is 9.97. The Morgan fingerprint density at radius 1 is 1.17 bits per heavy atom. The van der Waals surface area contributed by atoms with Gasteiger partial charge in [0.15, 0.2) is 0 Å². The van der Waals surface area contributed by atoms with Gasteiger partial charge in [-0.3, -0.25) is 14.9 Å². The average Bonchev–Trinajstić information content (AvgIpc) is 2.69. The van der Waals surface area contributed by atoms with Gasteiger partial charge in [0, 0.05) is 31.1 Å². The van der Waals surface area contributed by atoms with Crippen LogP contribution in [0.5, 0.6) is 0 Å². The Balaban J connectivity index is 1.60. The molecule has 30 heavy (non-hydrogen) atoms. The van der Waals surface area contributed by atoms with E-state index in [0.717, 1.165) is 16.7 Å². The van der Waals surface area contributed by atoms with Crippen molar-refractivity contribution in [2.24, 2.45) is 5.92 Å². The van der Waals surface area contributed by atoms with Crippen molar-refractivity contribution in [2.75, 3.05) is 18.4 Å². The highest BCUT2D eigenvalue weighted by molar-refractivity contribution is 7.88. The van der Waals surface area contributed by atoms with Crippen LogP contribution in [0.25, 0.3) is 0 Å². The molecule has 1 aliphatic heterocycles. The molecule has 0 bridgehead atoms. The number of nitrogens with zero attached hydrogens (tertiary/aromatic N) is 2. The third kappa shape index (κ3) is 5.22. The first kappa shape index (κ1) is 21.9. The number of nitro benzene ring substituents is 1. The Morgan fingerprint density at radius 2 is 1.87 bits per heavy atom. The molecule has 0 spiro atoms. The lowest BCUT2D eigenvalue weighted by molar-refractivity contribution is -0.384. The third-order valence-electron chi connectivity index (χ3n) is 5.34. The fourth-order valence-corrected chi connectivity index (χ4v) is 5.14. The van der Waals surface area contributed by atoms with Gasteiger partial charge >= 0.3 is 0 Å². The Labute approximate surface area is 176 Å². The maximum absolute atomic E-state index is 12.7. The predicted octanol–water partition coefficient (Wildman–Crippen LogP) is 3.39. The first-order chi connectivity index (χ1) is 14.2. The molecule has 0 aromatic heterocycles. The summed E-state index contributed by atoms with van der Waals surface area (Å²) >= 11 is 0. The second-order valence-corrected chi connectivity index (χ2v) is 9.63. The highest BCUT2D eigenvalue weighted by atomic mass is 32.2. The van der Waals surface area contributed by atoms with Crippen molar-refractivity contribution < 1.29 is 18.1 Å². The lowest BCUT2D eigenvalue weighted by Gasteiger charge is -2.30. The molecule has 3 rings (SSSR count). The normalized spacial score (nSPS) is 15.7. The summed E-state index contributed by atoms with van der Waals surface area (Å²) in [4.78, 5) is 23.1. The van der Waals surface area contributed by atoms with E-state index in [1.807, 2.05) is 25.1 Å². The molecule has 1 saturated heterocycles. The van der Waals surface area contributed by atoms with Gasteiger partial charge in [0.2, 0.25) is 15.9 Å². The number of aryl methyl sites for hydroxylation is 2. The third-order valence-corrected chi connectivity index (χ3v) is 7.19. The van der Waals surface area contributed by atoms with Crippen LogP contribution in [0.3, 0.4) is 0 Å². The van der Waals surface area contributed by atoms with E-state index < -0.39 is 14.9 Å². The van der Waals surface area contributed by atoms with Crippen LogP contribution in [-0.4, -0.2) is 36.6 Å². The number of nitrogens with one attached hydrogen (secondary N) is 1. The van der Waals surface area contributed by atoms with Crippen LogP contribution in [0.15, 0.2) is 42.5 Å². The maximum atomic E-state index is 12.7. The predicted molar refractivity (Wildman–Crippen MR) is 115 cm³/mol. The number of benzene rings is 2. The first-order valence-corrected chi connectivity index (χ1v) is 11.4. The molecule has 0 atom stereocenters. The van der Waals surface area contributed by atoms with Crippen molar-refractivity contribution in [3.8, 4) is 0 Å². The standard InChI is InChI=1S/C21H25N3O5S/c1-15-4-3-5-17(12-15)14-30(28,29)23-10-8-18(9-11-23)21(25)22-20-13-19(24(26)27)7-6-16(20)2/h3-7,12-13,18H,8-11,14H2,1-2H3,(H,22,25). The molecule has 9 heteroatoms. The zero-order chi connectivity index (χ0) is 21.9. The molecule has 160 valence electrons. The molecule has 0 unspecified atom stereocenters. The number of nitro groups is 1. The minimum atomic E-state index is -3.46. The number of amides is 1. The zero-order valence-corrected chi connectivity index (χ0v) is 17.8. The Kier molecular flexibility index (Phi) is 6.52. The van der Waals surface area contributed by atoms with Crippen molar-refractivity contribution in [1.82, 2.24) is 4.31 Å². The van der Waals surface area contributed by atoms with Crippen LogP contribution in [0.2, 0.25) is 0 Å². The zero-order valence-electron chi connectivity index (χ0n) is 17.0. The monoisotopic (exact) mass is 431 g/mol. The molecule has 0 saturated carbocycles. The number of piperidine rings is 1. The smallest absolute Gasteiger partial charge is 0.271 e. The van der Waals surface area contributed by atoms with Crippen LogP contribution in [0, 0.1) is 29.9 Å². The Bertz CT molecular complexity index is 1060. The molecule has 2 aromatic rings. The van der Waals surface area contributed by atoms with E-state index in [1.165, 1.54) is 16.4 Å². The molecule has 1 aliphatic rings. The van der Waals surface area contributed by atoms with Gasteiger partial charge in [-0.1, -0.05) is 35.9 Å². The quantitative estimate of drug-likeness (QED) is 0.557. The van der Waals surface area contributed by atoms with Crippen LogP contribution in [0.1, 0.15) is 29.5 Å². The number of hydrogen-bond acceptors (Lipinski definition) is 5. The van der Waals surface area contributed by atoms with Crippen molar-refractivity contribution >= 4 is 27.3 Å². The van der Waals surface area contributed by atoms with Gasteiger partial charge in [-0.05, 0) is 37.8 Å². The molecule has 1 amide bonds. The maximum Gasteiger partial charge on any atom is 0.271 e. The number of carbonyl (C=O) groups excluding carboxylic acids is 1. The molecule has 1 N–H and O–H groups in total. The fourth-order valence-electron chi connectivity index (χ4n) is 3.59. The molecule has 1 heterocycles. The molecule has 1 fully saturated rings. The number of rotatable bonds is 6. The topological polar surface area (TPSA) is 110 Å². The summed E-state index contributed by atoms with van der Waals surface area (Å²) in [6, 6.07) is 11.7. The van der Waals surface area contributed by atoms with Gasteiger partial charge < -0.3 is 5.32 Å². The SMILES string of the molecule is Cc1cccc(CS(=O)(=O)N2CCC(C(=O)Nc3cc([N+](=O)[O-])ccc3C)CC2)c1. The van der Waals surface area contributed by atoms with Gasteiger partial charge in [-0.2, -0.15) is 0 Å². The summed E-state index contributed by atoms with van der Waals surface area (Å²) in [6.45, 7) is 4.24. The molecular formula is C21H25N3O5S. The van der Waals surface area contributed by atoms with E-state index in [4.69, 9.17) is 0 Å². The van der Waals surface area contributed by atoms with Crippen molar-refractivity contribution in [2.45, 2.75) is 32.4 Å². The summed E-state index contributed by atoms with van der Waals surface area (Å²) in [5.41, 5.74) is 2.80. The van der Waals surface area contributed by atoms with Gasteiger partial charge in [0.05, 0.1) is 16.4 Å². The summed E-state index contributed by atoms with van der Waals surface area (Å²) in [7, 11) is -3.46. The summed E-state index contributed by atoms with van der Waals surface area (Å²) in [5.74, 6) is -0.637. The van der Waals surface area contributed by atoms with Crippen LogP contribution in [0.4, 0.5) is 11.4 Å². The largest absolute Gasteiger partial charge is 0.325 e. The Hall–Kier alpha value is -2.78. The fraction of sp³-hybridized carbons (Fsp3) is 0.381. The summed E-state index contributed by atoms with van der Waals surface area (Å²) in [5, 5.41) is 13.7. The minimum absolute atomic E-state index is 0.0571. The van der Waals surface area contributed by atoms with Crippen molar-refractivity contribution in [3.63, 3.8) is 0 Å². The van der Waals surface area contributed by atoms with Crippen molar-refractivity contribution in [3.05, 3.63) is 69.3 Å². The molecule has 0 radical (unpaired) electrons. The number of hydrogen-bond donors (Lipinski definition) is 1. The van der Waals surface area contributed by atoms with Crippen LogP contribution < -0.4 is 5.32 Å². The van der Waals surface area contributed by atoms with E-state index >= 15 is 0 Å². The number of carbonyl (C=O) groups is 1. The number of sulfonamides is 1. The minimum Gasteiger partial charge on any atom is -0.325 e. The second-order valence-electron chi connectivity index (χ2n) is 7.66. The Morgan fingerprint density at radius 3 is 2.50 bits per heavy atom. The number of anilines is 1. The van der Waals surface area contributed by atoms with Crippen LogP contribution in [-0.2, 0) is 20.6 Å².